The zero-order valence-corrected chi connectivity index (χ0v) is 23.1. The zero-order valence-electron chi connectivity index (χ0n) is 20.0. The first-order chi connectivity index (χ1) is 15.4. The average Bonchev–Trinajstić information content (AvgIpc) is 2.81. The van der Waals surface area contributed by atoms with E-state index in [1.165, 1.54) is 0 Å². The summed E-state index contributed by atoms with van der Waals surface area (Å²) < 4.78 is 11.7. The lowest BCUT2D eigenvalue weighted by atomic mass is 10.00. The predicted molar refractivity (Wildman–Crippen MR) is 123 cm³/mol. The van der Waals surface area contributed by atoms with E-state index in [-0.39, 0.29) is 45.8 Å². The van der Waals surface area contributed by atoms with Gasteiger partial charge in [0.2, 0.25) is 0 Å². The third-order valence-corrected chi connectivity index (χ3v) is 7.07. The van der Waals surface area contributed by atoms with E-state index in [0.717, 1.165) is 48.4 Å². The minimum Gasteiger partial charge on any atom is -1.00 e. The van der Waals surface area contributed by atoms with E-state index in [1.807, 2.05) is 38.4 Å². The van der Waals surface area contributed by atoms with Crippen LogP contribution in [0.1, 0.15) is 11.1 Å². The topological polar surface area (TPSA) is 52.6 Å². The highest BCUT2D eigenvalue weighted by Gasteiger charge is 2.34. The van der Waals surface area contributed by atoms with Crippen LogP contribution in [0.5, 0.6) is 0 Å². The van der Waals surface area contributed by atoms with Gasteiger partial charge in [-0.15, -0.1) is 0 Å². The Hall–Kier alpha value is -1.42. The van der Waals surface area contributed by atoms with Crippen molar-refractivity contribution in [3.63, 3.8) is 0 Å². The van der Waals surface area contributed by atoms with Gasteiger partial charge in [-0.25, -0.2) is 9.59 Å². The number of morpholine rings is 2. The molecule has 2 fully saturated rings. The van der Waals surface area contributed by atoms with Crippen molar-refractivity contribution < 1.29 is 62.0 Å². The van der Waals surface area contributed by atoms with Crippen molar-refractivity contribution in [3.05, 3.63) is 59.7 Å². The maximum Gasteiger partial charge on any atom is 0.318 e. The molecule has 0 bridgehead atoms. The molecule has 2 aliphatic rings. The number of benzene rings is 2. The number of hydrogen-bond donors (Lipinski definition) is 0. The van der Waals surface area contributed by atoms with E-state index in [0.29, 0.717) is 48.2 Å². The fourth-order valence-corrected chi connectivity index (χ4v) is 4.35. The van der Waals surface area contributed by atoms with Gasteiger partial charge in [0.1, 0.15) is 26.2 Å². The first-order valence-corrected chi connectivity index (χ1v) is 11.5. The number of amides is 2. The van der Waals surface area contributed by atoms with Crippen molar-refractivity contribution in [2.45, 2.75) is 12.8 Å². The Bertz CT molecular complexity index is 872. The molecular weight excluding hydrogens is 564 g/mol. The molecule has 8 heteroatoms. The lowest BCUT2D eigenvalue weighted by molar-refractivity contribution is -0.843. The molecule has 6 nitrogen and oxygen atoms in total. The molecule has 2 saturated heterocycles. The molecule has 2 aliphatic heterocycles. The Morgan fingerprint density at radius 1 is 0.618 bits per heavy atom. The third-order valence-electron chi connectivity index (χ3n) is 7.07. The summed E-state index contributed by atoms with van der Waals surface area (Å²) in [6, 6.07) is 16.5. The molecule has 0 aromatic heterocycles. The number of halogens is 2. The maximum atomic E-state index is 12.8. The van der Waals surface area contributed by atoms with Crippen molar-refractivity contribution in [2.24, 2.45) is 0 Å². The van der Waals surface area contributed by atoms with Gasteiger partial charge in [0.15, 0.2) is 0 Å². The second kappa shape index (κ2) is 12.5. The molecule has 2 amide bonds. The molecule has 0 saturated carbocycles. The van der Waals surface area contributed by atoms with Gasteiger partial charge in [-0.05, 0) is 22.3 Å². The molecular formula is C26H34Br2N2O4. The summed E-state index contributed by atoms with van der Waals surface area (Å²) in [6.45, 7) is 5.58. The number of rotatable bonds is 5. The van der Waals surface area contributed by atoms with E-state index in [2.05, 4.69) is 24.3 Å². The largest absolute Gasteiger partial charge is 1.00 e. The lowest BCUT2D eigenvalue weighted by Crippen LogP contribution is -3.00. The first kappa shape index (κ1) is 28.8. The summed E-state index contributed by atoms with van der Waals surface area (Å²) in [5, 5.41) is 0. The van der Waals surface area contributed by atoms with Gasteiger partial charge < -0.3 is 43.4 Å². The molecule has 0 radical (unpaired) electrons. The fraction of sp³-hybridized carbons (Fsp3) is 0.462. The van der Waals surface area contributed by atoms with Gasteiger partial charge in [0, 0.05) is 0 Å². The minimum absolute atomic E-state index is 0. The molecule has 34 heavy (non-hydrogen) atoms. The Labute approximate surface area is 223 Å². The van der Waals surface area contributed by atoms with E-state index in [1.54, 1.807) is 0 Å². The Morgan fingerprint density at radius 3 is 1.21 bits per heavy atom. The number of nitrogens with zero attached hydrogens (tertiary/aromatic N) is 2. The van der Waals surface area contributed by atoms with Crippen molar-refractivity contribution >= 4 is 11.8 Å². The van der Waals surface area contributed by atoms with Crippen LogP contribution in [0, 0.1) is 0 Å². The van der Waals surface area contributed by atoms with Crippen LogP contribution in [0.25, 0.3) is 11.1 Å². The second-order valence-corrected chi connectivity index (χ2v) is 9.45. The summed E-state index contributed by atoms with van der Waals surface area (Å²) in [5.41, 5.74) is 4.29. The zero-order chi connectivity index (χ0) is 22.6. The van der Waals surface area contributed by atoms with Crippen LogP contribution in [0.4, 0.5) is 0 Å². The van der Waals surface area contributed by atoms with Crippen LogP contribution < -0.4 is 34.0 Å². The molecule has 2 aromatic rings. The molecule has 0 unspecified atom stereocenters. The number of quaternary nitrogens is 2. The average molecular weight is 598 g/mol. The molecule has 2 heterocycles. The smallest absolute Gasteiger partial charge is 0.318 e. The number of carbonyl (C=O) groups excluding carboxylic acids is 2. The van der Waals surface area contributed by atoms with Crippen molar-refractivity contribution in [2.75, 3.05) is 66.7 Å². The Balaban J connectivity index is 0.00000204. The monoisotopic (exact) mass is 596 g/mol. The Kier molecular flexibility index (Phi) is 10.6. The molecule has 186 valence electrons. The summed E-state index contributed by atoms with van der Waals surface area (Å²) in [5.74, 6) is 0.485. The van der Waals surface area contributed by atoms with Gasteiger partial charge in [-0.2, -0.15) is 0 Å². The predicted octanol–water partition coefficient (Wildman–Crippen LogP) is -3.55. The summed E-state index contributed by atoms with van der Waals surface area (Å²) in [4.78, 5) is 25.6. The van der Waals surface area contributed by atoms with Crippen molar-refractivity contribution in [1.29, 1.82) is 0 Å². The van der Waals surface area contributed by atoms with Crippen molar-refractivity contribution in [1.82, 2.24) is 0 Å². The molecule has 4 rings (SSSR count). The highest BCUT2D eigenvalue weighted by atomic mass is 79.9. The number of hydrogen-bond acceptors (Lipinski definition) is 4. The third kappa shape index (κ3) is 6.83. The van der Waals surface area contributed by atoms with E-state index in [4.69, 9.17) is 9.47 Å². The van der Waals surface area contributed by atoms with E-state index < -0.39 is 0 Å². The summed E-state index contributed by atoms with van der Waals surface area (Å²) in [6.07, 6.45) is 0.889. The van der Waals surface area contributed by atoms with E-state index >= 15 is 0 Å². The number of carbonyl (C=O) groups is 2. The van der Waals surface area contributed by atoms with Crippen LogP contribution in [-0.4, -0.2) is 87.5 Å². The summed E-state index contributed by atoms with van der Waals surface area (Å²) in [7, 11) is 4.01. The SMILES string of the molecule is C[N+]1(C(=O)Cc2ccc(-c3ccc(CC(=O)[N+]4(C)CCOCC4)cc3)cc2)CCOCC1.[Br-].[Br-]. The molecule has 0 spiro atoms. The fourth-order valence-electron chi connectivity index (χ4n) is 4.35. The minimum atomic E-state index is 0. The van der Waals surface area contributed by atoms with Crippen LogP contribution in [0.3, 0.4) is 0 Å². The van der Waals surface area contributed by atoms with Crippen molar-refractivity contribution in [3.8, 4) is 11.1 Å². The van der Waals surface area contributed by atoms with Gasteiger partial charge in [-0.1, -0.05) is 48.5 Å². The molecule has 0 atom stereocenters. The van der Waals surface area contributed by atoms with Crippen LogP contribution in [0.15, 0.2) is 48.5 Å². The number of likely N-dealkylation sites (N-methyl/N-ethyl adjacent to an activating group) is 2. The summed E-state index contributed by atoms with van der Waals surface area (Å²) >= 11 is 0. The first-order valence-electron chi connectivity index (χ1n) is 11.5. The molecule has 2 aromatic carbocycles. The van der Waals surface area contributed by atoms with E-state index in [9.17, 15) is 9.59 Å². The van der Waals surface area contributed by atoms with Crippen LogP contribution in [-0.2, 0) is 31.9 Å². The second-order valence-electron chi connectivity index (χ2n) is 9.45. The molecule has 0 aliphatic carbocycles. The highest BCUT2D eigenvalue weighted by molar-refractivity contribution is 5.74. The highest BCUT2D eigenvalue weighted by Crippen LogP contribution is 2.22. The lowest BCUT2D eigenvalue weighted by Gasteiger charge is -2.34. The van der Waals surface area contributed by atoms with Crippen LogP contribution >= 0.6 is 0 Å². The number of ether oxygens (including phenoxy) is 2. The standard InChI is InChI=1S/C26H34N2O4.2BrH/c1-27(11-15-31-16-12-27)25(29)19-21-3-7-23(8-4-21)24-9-5-22(6-10-24)20-26(30)28(2)13-17-32-18-14-28;;/h3-10H,11-20H2,1-2H3;2*1H/q+2;;/p-2. The van der Waals surface area contributed by atoms with Gasteiger partial charge in [0.25, 0.3) is 0 Å². The van der Waals surface area contributed by atoms with Gasteiger partial charge in [-0.3, -0.25) is 8.97 Å². The Morgan fingerprint density at radius 2 is 0.912 bits per heavy atom. The van der Waals surface area contributed by atoms with Gasteiger partial charge in [0.05, 0.1) is 53.4 Å². The molecule has 0 N–H and O–H groups in total. The quantitative estimate of drug-likeness (QED) is 0.335. The normalized spacial score (nSPS) is 18.8. The maximum absolute atomic E-state index is 12.8. The van der Waals surface area contributed by atoms with Gasteiger partial charge >= 0.3 is 11.8 Å². The van der Waals surface area contributed by atoms with Crippen LogP contribution in [0.2, 0.25) is 0 Å².